The molecule has 0 saturated carbocycles. The Morgan fingerprint density at radius 3 is 2.50 bits per heavy atom. The van der Waals surface area contributed by atoms with E-state index in [4.69, 9.17) is 0 Å². The Balaban J connectivity index is 2.52. The van der Waals surface area contributed by atoms with Crippen LogP contribution in [0.2, 0.25) is 0 Å². The van der Waals surface area contributed by atoms with Crippen LogP contribution in [0.5, 0.6) is 0 Å². The van der Waals surface area contributed by atoms with Gasteiger partial charge < -0.3 is 0 Å². The number of benzene rings is 1. The summed E-state index contributed by atoms with van der Waals surface area (Å²) in [4.78, 5) is 0. The molecule has 0 saturated heterocycles. The van der Waals surface area contributed by atoms with E-state index in [1.807, 2.05) is 6.92 Å². The predicted molar refractivity (Wildman–Crippen MR) is 67.6 cm³/mol. The van der Waals surface area contributed by atoms with Crippen molar-refractivity contribution in [2.45, 2.75) is 33.6 Å². The summed E-state index contributed by atoms with van der Waals surface area (Å²) in [7, 11) is 0. The molecule has 0 radical (unpaired) electrons. The number of hydrogen-bond acceptors (Lipinski definition) is 1. The molecular weight excluding hydrogens is 196 g/mol. The second-order valence-corrected chi connectivity index (χ2v) is 4.59. The molecule has 0 bridgehead atoms. The van der Waals surface area contributed by atoms with Gasteiger partial charge in [0.1, 0.15) is 0 Å². The molecule has 0 aliphatic carbocycles. The van der Waals surface area contributed by atoms with Gasteiger partial charge in [0.2, 0.25) is 0 Å². The van der Waals surface area contributed by atoms with E-state index in [1.54, 1.807) is 0 Å². The molecule has 2 nitrogen and oxygen atoms in total. The number of H-pyrrole nitrogens is 1. The topological polar surface area (TPSA) is 28.7 Å². The number of rotatable bonds is 2. The van der Waals surface area contributed by atoms with Crippen molar-refractivity contribution in [3.63, 3.8) is 0 Å². The molecule has 2 aromatic rings. The Morgan fingerprint density at radius 1 is 1.19 bits per heavy atom. The Bertz CT molecular complexity index is 476. The van der Waals surface area contributed by atoms with Crippen molar-refractivity contribution in [3.05, 3.63) is 41.2 Å². The Kier molecular flexibility index (Phi) is 2.82. The van der Waals surface area contributed by atoms with E-state index in [0.717, 1.165) is 11.4 Å². The van der Waals surface area contributed by atoms with Gasteiger partial charge in [-0.2, -0.15) is 5.10 Å². The van der Waals surface area contributed by atoms with E-state index in [1.165, 1.54) is 16.7 Å². The lowest BCUT2D eigenvalue weighted by Crippen LogP contribution is -1.89. The van der Waals surface area contributed by atoms with Crippen LogP contribution in [-0.4, -0.2) is 10.2 Å². The van der Waals surface area contributed by atoms with Crippen molar-refractivity contribution >= 4 is 0 Å². The van der Waals surface area contributed by atoms with Gasteiger partial charge >= 0.3 is 0 Å². The van der Waals surface area contributed by atoms with Gasteiger partial charge in [-0.1, -0.05) is 38.1 Å². The molecule has 1 heterocycles. The van der Waals surface area contributed by atoms with Crippen LogP contribution in [-0.2, 0) is 0 Å². The van der Waals surface area contributed by atoms with Crippen LogP contribution in [0.1, 0.15) is 36.7 Å². The Hall–Kier alpha value is -1.57. The molecule has 0 aliphatic rings. The highest BCUT2D eigenvalue weighted by Gasteiger charge is 2.09. The largest absolute Gasteiger partial charge is 0.282 e. The van der Waals surface area contributed by atoms with Gasteiger partial charge in [-0.3, -0.25) is 5.10 Å². The van der Waals surface area contributed by atoms with E-state index in [9.17, 15) is 0 Å². The first-order valence-electron chi connectivity index (χ1n) is 5.71. The number of aromatic amines is 1. The highest BCUT2D eigenvalue weighted by atomic mass is 15.1. The molecule has 1 aromatic heterocycles. The van der Waals surface area contributed by atoms with E-state index in [-0.39, 0.29) is 0 Å². The van der Waals surface area contributed by atoms with Gasteiger partial charge in [-0.25, -0.2) is 0 Å². The fraction of sp³-hybridized carbons (Fsp3) is 0.357. The minimum Gasteiger partial charge on any atom is -0.282 e. The first kappa shape index (κ1) is 10.9. The fourth-order valence-corrected chi connectivity index (χ4v) is 2.03. The second kappa shape index (κ2) is 4.12. The molecular formula is C14H18N2. The van der Waals surface area contributed by atoms with Crippen molar-refractivity contribution in [2.24, 2.45) is 0 Å². The number of nitrogens with zero attached hydrogens (tertiary/aromatic N) is 1. The van der Waals surface area contributed by atoms with Crippen molar-refractivity contribution in [2.75, 3.05) is 0 Å². The zero-order chi connectivity index (χ0) is 11.7. The maximum absolute atomic E-state index is 4.24. The summed E-state index contributed by atoms with van der Waals surface area (Å²) in [6.45, 7) is 8.54. The second-order valence-electron chi connectivity index (χ2n) is 4.59. The molecule has 0 unspecified atom stereocenters. The minimum atomic E-state index is 0.562. The maximum Gasteiger partial charge on any atom is 0.0672 e. The zero-order valence-electron chi connectivity index (χ0n) is 10.3. The summed E-state index contributed by atoms with van der Waals surface area (Å²) in [5.74, 6) is 0.562. The van der Waals surface area contributed by atoms with Gasteiger partial charge in [0.05, 0.1) is 5.69 Å². The van der Waals surface area contributed by atoms with Crippen LogP contribution >= 0.6 is 0 Å². The van der Waals surface area contributed by atoms with Crippen molar-refractivity contribution in [1.82, 2.24) is 10.2 Å². The zero-order valence-corrected chi connectivity index (χ0v) is 10.3. The summed E-state index contributed by atoms with van der Waals surface area (Å²) in [5.41, 5.74) is 6.08. The average molecular weight is 214 g/mol. The first-order chi connectivity index (χ1) is 7.59. The van der Waals surface area contributed by atoms with Crippen LogP contribution in [0, 0.1) is 13.8 Å². The Morgan fingerprint density at radius 2 is 1.94 bits per heavy atom. The Labute approximate surface area is 96.7 Å². The number of aromatic nitrogens is 2. The van der Waals surface area contributed by atoms with Crippen LogP contribution in [0.25, 0.3) is 11.1 Å². The summed E-state index contributed by atoms with van der Waals surface area (Å²) < 4.78 is 0. The lowest BCUT2D eigenvalue weighted by atomic mass is 9.97. The molecule has 0 aliphatic heterocycles. The quantitative estimate of drug-likeness (QED) is 0.809. The third-order valence-electron chi connectivity index (χ3n) is 2.97. The van der Waals surface area contributed by atoms with Gasteiger partial charge in [0.15, 0.2) is 0 Å². The smallest absolute Gasteiger partial charge is 0.0672 e. The summed E-state index contributed by atoms with van der Waals surface area (Å²) in [5, 5.41) is 7.28. The van der Waals surface area contributed by atoms with Gasteiger partial charge in [-0.15, -0.1) is 0 Å². The molecule has 0 atom stereocenters. The molecule has 2 rings (SSSR count). The number of hydrogen-bond donors (Lipinski definition) is 1. The monoisotopic (exact) mass is 214 g/mol. The molecule has 1 aromatic carbocycles. The van der Waals surface area contributed by atoms with Crippen LogP contribution < -0.4 is 0 Å². The molecule has 84 valence electrons. The number of aryl methyl sites for hydroxylation is 2. The summed E-state index contributed by atoms with van der Waals surface area (Å²) in [6, 6.07) is 8.71. The molecule has 0 amide bonds. The molecule has 0 fully saturated rings. The van der Waals surface area contributed by atoms with Crippen molar-refractivity contribution in [1.29, 1.82) is 0 Å². The van der Waals surface area contributed by atoms with E-state index in [0.29, 0.717) is 5.92 Å². The first-order valence-corrected chi connectivity index (χ1v) is 5.71. The lowest BCUT2D eigenvalue weighted by Gasteiger charge is -2.08. The van der Waals surface area contributed by atoms with Crippen LogP contribution in [0.15, 0.2) is 24.3 Å². The van der Waals surface area contributed by atoms with Crippen LogP contribution in [0.4, 0.5) is 0 Å². The van der Waals surface area contributed by atoms with Gasteiger partial charge in [-0.05, 0) is 30.9 Å². The van der Waals surface area contributed by atoms with Crippen LogP contribution in [0.3, 0.4) is 0 Å². The van der Waals surface area contributed by atoms with Crippen molar-refractivity contribution in [3.8, 4) is 11.1 Å². The summed E-state index contributed by atoms with van der Waals surface area (Å²) >= 11 is 0. The van der Waals surface area contributed by atoms with E-state index >= 15 is 0 Å². The SMILES string of the molecule is Cc1n[nH]c(C)c1-c1cccc(C(C)C)c1. The van der Waals surface area contributed by atoms with Crippen molar-refractivity contribution < 1.29 is 0 Å². The predicted octanol–water partition coefficient (Wildman–Crippen LogP) is 3.82. The van der Waals surface area contributed by atoms with E-state index in [2.05, 4.69) is 55.2 Å². The molecule has 16 heavy (non-hydrogen) atoms. The fourth-order valence-electron chi connectivity index (χ4n) is 2.03. The standard InChI is InChI=1S/C14H18N2/c1-9(2)12-6-5-7-13(8-12)14-10(3)15-16-11(14)4/h5-9H,1-4H3,(H,15,16). The minimum absolute atomic E-state index is 0.562. The third kappa shape index (κ3) is 1.87. The van der Waals surface area contributed by atoms with Gasteiger partial charge in [0, 0.05) is 11.3 Å². The highest BCUT2D eigenvalue weighted by Crippen LogP contribution is 2.27. The molecule has 1 N–H and O–H groups in total. The third-order valence-corrected chi connectivity index (χ3v) is 2.97. The molecule has 2 heteroatoms. The van der Waals surface area contributed by atoms with Gasteiger partial charge in [0.25, 0.3) is 0 Å². The molecule has 0 spiro atoms. The number of nitrogens with one attached hydrogen (secondary N) is 1. The summed E-state index contributed by atoms with van der Waals surface area (Å²) in [6.07, 6.45) is 0. The highest BCUT2D eigenvalue weighted by molar-refractivity contribution is 5.68. The maximum atomic E-state index is 4.24. The average Bonchev–Trinajstić information content (AvgIpc) is 2.59. The normalized spacial score (nSPS) is 11.1. The lowest BCUT2D eigenvalue weighted by molar-refractivity contribution is 0.867. The van der Waals surface area contributed by atoms with E-state index < -0.39 is 0 Å².